The van der Waals surface area contributed by atoms with E-state index in [2.05, 4.69) is 5.32 Å². The first-order valence-corrected chi connectivity index (χ1v) is 8.46. The lowest BCUT2D eigenvalue weighted by Crippen LogP contribution is -2.28. The van der Waals surface area contributed by atoms with Gasteiger partial charge in [-0.2, -0.15) is 0 Å². The number of nitrogens with zero attached hydrogens (tertiary/aromatic N) is 1. The number of rotatable bonds is 5. The van der Waals surface area contributed by atoms with Crippen molar-refractivity contribution in [1.82, 2.24) is 0 Å². The summed E-state index contributed by atoms with van der Waals surface area (Å²) in [7, 11) is 0. The van der Waals surface area contributed by atoms with Crippen molar-refractivity contribution in [2.45, 2.75) is 26.4 Å². The van der Waals surface area contributed by atoms with E-state index < -0.39 is 0 Å². The molecule has 0 aliphatic carbocycles. The molecule has 2 aromatic carbocycles. The Labute approximate surface area is 147 Å². The average molecular weight is 338 g/mol. The zero-order valence-electron chi connectivity index (χ0n) is 14.4. The molecule has 3 rings (SSSR count). The highest BCUT2D eigenvalue weighted by molar-refractivity contribution is 6.03. The molecule has 25 heavy (non-hydrogen) atoms. The number of amides is 2. The summed E-state index contributed by atoms with van der Waals surface area (Å²) in [6, 6.07) is 16.7. The molecule has 0 aromatic heterocycles. The van der Waals surface area contributed by atoms with Crippen LogP contribution in [0.1, 0.15) is 20.3 Å². The Bertz CT molecular complexity index is 741. The smallest absolute Gasteiger partial charge is 0.229 e. The second-order valence-electron chi connectivity index (χ2n) is 6.42. The minimum absolute atomic E-state index is 0.0364. The number of carbonyl (C=O) groups excluding carboxylic acids is 2. The van der Waals surface area contributed by atoms with Crippen LogP contribution in [-0.2, 0) is 9.59 Å². The van der Waals surface area contributed by atoms with Crippen LogP contribution in [0.5, 0.6) is 5.75 Å². The molecule has 130 valence electrons. The minimum Gasteiger partial charge on any atom is -0.491 e. The maximum absolute atomic E-state index is 12.4. The maximum atomic E-state index is 12.4. The SMILES string of the molecule is CC(C)Oc1ccc(N2C[C@H](C(=O)Nc3ccccc3)CC2=O)cc1. The van der Waals surface area contributed by atoms with E-state index in [0.717, 1.165) is 17.1 Å². The summed E-state index contributed by atoms with van der Waals surface area (Å²) in [5.41, 5.74) is 1.53. The van der Waals surface area contributed by atoms with Gasteiger partial charge < -0.3 is 15.0 Å². The average Bonchev–Trinajstić information content (AvgIpc) is 2.98. The van der Waals surface area contributed by atoms with Gasteiger partial charge in [0, 0.05) is 24.3 Å². The normalized spacial score (nSPS) is 17.0. The van der Waals surface area contributed by atoms with Crippen LogP contribution in [0.4, 0.5) is 11.4 Å². The van der Waals surface area contributed by atoms with Crippen molar-refractivity contribution in [2.24, 2.45) is 5.92 Å². The Hall–Kier alpha value is -2.82. The predicted molar refractivity (Wildman–Crippen MR) is 97.7 cm³/mol. The van der Waals surface area contributed by atoms with Crippen LogP contribution >= 0.6 is 0 Å². The molecule has 1 N–H and O–H groups in total. The number of nitrogens with one attached hydrogen (secondary N) is 1. The molecule has 1 aliphatic heterocycles. The number of benzene rings is 2. The molecule has 0 bridgehead atoms. The van der Waals surface area contributed by atoms with Crippen molar-refractivity contribution in [3.05, 3.63) is 54.6 Å². The molecule has 5 heteroatoms. The van der Waals surface area contributed by atoms with Gasteiger partial charge in [-0.25, -0.2) is 0 Å². The molecular weight excluding hydrogens is 316 g/mol. The number of anilines is 2. The molecule has 0 unspecified atom stereocenters. The van der Waals surface area contributed by atoms with Gasteiger partial charge in [-0.1, -0.05) is 18.2 Å². The molecular formula is C20H22N2O3. The van der Waals surface area contributed by atoms with Crippen LogP contribution in [0.25, 0.3) is 0 Å². The Morgan fingerprint density at radius 3 is 2.44 bits per heavy atom. The number of carbonyl (C=O) groups is 2. The van der Waals surface area contributed by atoms with Crippen molar-refractivity contribution in [2.75, 3.05) is 16.8 Å². The minimum atomic E-state index is -0.348. The molecule has 1 atom stereocenters. The van der Waals surface area contributed by atoms with E-state index in [4.69, 9.17) is 4.74 Å². The monoisotopic (exact) mass is 338 g/mol. The molecule has 1 aliphatic rings. The van der Waals surface area contributed by atoms with E-state index in [1.165, 1.54) is 0 Å². The lowest BCUT2D eigenvalue weighted by atomic mass is 10.1. The number of hydrogen-bond donors (Lipinski definition) is 1. The topological polar surface area (TPSA) is 58.6 Å². The van der Waals surface area contributed by atoms with E-state index in [9.17, 15) is 9.59 Å². The largest absolute Gasteiger partial charge is 0.491 e. The first-order chi connectivity index (χ1) is 12.0. The van der Waals surface area contributed by atoms with Crippen LogP contribution in [0, 0.1) is 5.92 Å². The summed E-state index contributed by atoms with van der Waals surface area (Å²) in [5, 5.41) is 2.87. The third-order valence-corrected chi connectivity index (χ3v) is 4.06. The molecule has 1 saturated heterocycles. The summed E-state index contributed by atoms with van der Waals surface area (Å²) in [4.78, 5) is 26.4. The first kappa shape index (κ1) is 17.0. The molecule has 5 nitrogen and oxygen atoms in total. The van der Waals surface area contributed by atoms with Crippen molar-refractivity contribution in [1.29, 1.82) is 0 Å². The van der Waals surface area contributed by atoms with Crippen LogP contribution in [0.3, 0.4) is 0 Å². The standard InChI is InChI=1S/C20H22N2O3/c1-14(2)25-18-10-8-17(9-11-18)22-13-15(12-19(22)23)20(24)21-16-6-4-3-5-7-16/h3-11,14-15H,12-13H2,1-2H3,(H,21,24)/t15-/m1/s1. The van der Waals surface area contributed by atoms with E-state index in [-0.39, 0.29) is 30.3 Å². The lowest BCUT2D eigenvalue weighted by Gasteiger charge is -2.18. The Kier molecular flexibility index (Phi) is 5.03. The van der Waals surface area contributed by atoms with E-state index in [1.54, 1.807) is 4.90 Å². The Morgan fingerprint density at radius 1 is 1.12 bits per heavy atom. The van der Waals surface area contributed by atoms with Crippen LogP contribution in [0.2, 0.25) is 0 Å². The molecule has 1 heterocycles. The lowest BCUT2D eigenvalue weighted by molar-refractivity contribution is -0.122. The van der Waals surface area contributed by atoms with Crippen molar-refractivity contribution >= 4 is 23.2 Å². The van der Waals surface area contributed by atoms with Gasteiger partial charge in [0.2, 0.25) is 11.8 Å². The maximum Gasteiger partial charge on any atom is 0.229 e. The fourth-order valence-electron chi connectivity index (χ4n) is 2.88. The zero-order valence-corrected chi connectivity index (χ0v) is 14.4. The van der Waals surface area contributed by atoms with Crippen molar-refractivity contribution in [3.63, 3.8) is 0 Å². The van der Waals surface area contributed by atoms with Gasteiger partial charge in [0.15, 0.2) is 0 Å². The summed E-state index contributed by atoms with van der Waals surface area (Å²) in [6.07, 6.45) is 0.327. The van der Waals surface area contributed by atoms with Gasteiger partial charge in [-0.05, 0) is 50.2 Å². The summed E-state index contributed by atoms with van der Waals surface area (Å²) in [6.45, 7) is 4.32. The molecule has 0 radical (unpaired) electrons. The molecule has 0 saturated carbocycles. The highest BCUT2D eigenvalue weighted by Crippen LogP contribution is 2.27. The van der Waals surface area contributed by atoms with Gasteiger partial charge >= 0.3 is 0 Å². The summed E-state index contributed by atoms with van der Waals surface area (Å²) < 4.78 is 5.62. The third-order valence-electron chi connectivity index (χ3n) is 4.06. The highest BCUT2D eigenvalue weighted by atomic mass is 16.5. The fraction of sp³-hybridized carbons (Fsp3) is 0.300. The van der Waals surface area contributed by atoms with Gasteiger partial charge in [0.25, 0.3) is 0 Å². The second kappa shape index (κ2) is 7.38. The van der Waals surface area contributed by atoms with Gasteiger partial charge in [-0.3, -0.25) is 9.59 Å². The second-order valence-corrected chi connectivity index (χ2v) is 6.42. The van der Waals surface area contributed by atoms with Crippen LogP contribution in [0.15, 0.2) is 54.6 Å². The Morgan fingerprint density at radius 2 is 1.80 bits per heavy atom. The summed E-state index contributed by atoms with van der Waals surface area (Å²) in [5.74, 6) is 0.260. The fourth-order valence-corrected chi connectivity index (χ4v) is 2.88. The third kappa shape index (κ3) is 4.18. The molecule has 2 amide bonds. The van der Waals surface area contributed by atoms with E-state index in [1.807, 2.05) is 68.4 Å². The molecule has 0 spiro atoms. The molecule has 1 fully saturated rings. The number of hydrogen-bond acceptors (Lipinski definition) is 3. The highest BCUT2D eigenvalue weighted by Gasteiger charge is 2.35. The van der Waals surface area contributed by atoms with Crippen LogP contribution < -0.4 is 15.0 Å². The van der Waals surface area contributed by atoms with Crippen molar-refractivity contribution < 1.29 is 14.3 Å². The summed E-state index contributed by atoms with van der Waals surface area (Å²) >= 11 is 0. The van der Waals surface area contributed by atoms with Gasteiger partial charge in [0.1, 0.15) is 5.75 Å². The number of para-hydroxylation sites is 1. The quantitative estimate of drug-likeness (QED) is 0.908. The predicted octanol–water partition coefficient (Wildman–Crippen LogP) is 3.47. The van der Waals surface area contributed by atoms with Gasteiger partial charge in [0.05, 0.1) is 12.0 Å². The first-order valence-electron chi connectivity index (χ1n) is 8.46. The Balaban J connectivity index is 1.65. The number of ether oxygens (including phenoxy) is 1. The van der Waals surface area contributed by atoms with Crippen LogP contribution in [-0.4, -0.2) is 24.5 Å². The molecule has 2 aromatic rings. The van der Waals surface area contributed by atoms with Crippen molar-refractivity contribution in [3.8, 4) is 5.75 Å². The van der Waals surface area contributed by atoms with E-state index in [0.29, 0.717) is 6.54 Å². The van der Waals surface area contributed by atoms with E-state index >= 15 is 0 Å². The van der Waals surface area contributed by atoms with Gasteiger partial charge in [-0.15, -0.1) is 0 Å². The zero-order chi connectivity index (χ0) is 17.8.